The van der Waals surface area contributed by atoms with E-state index in [0.717, 1.165) is 60.2 Å². The molecule has 0 spiro atoms. The van der Waals surface area contributed by atoms with E-state index in [9.17, 15) is 4.79 Å². The Balaban J connectivity index is 1.54. The van der Waals surface area contributed by atoms with Crippen molar-refractivity contribution in [1.82, 2.24) is 24.7 Å². The molecule has 2 N–H and O–H groups in total. The molecule has 5 heterocycles. The second kappa shape index (κ2) is 8.22. The Labute approximate surface area is 193 Å². The van der Waals surface area contributed by atoms with E-state index < -0.39 is 0 Å². The van der Waals surface area contributed by atoms with Crippen LogP contribution in [0, 0.1) is 0 Å². The highest BCUT2D eigenvalue weighted by Gasteiger charge is 2.34. The fourth-order valence-corrected chi connectivity index (χ4v) is 4.48. The zero-order chi connectivity index (χ0) is 23.3. The summed E-state index contributed by atoms with van der Waals surface area (Å²) < 4.78 is 2.11. The summed E-state index contributed by atoms with van der Waals surface area (Å²) in [5, 5.41) is 8.64. The van der Waals surface area contributed by atoms with E-state index in [-0.39, 0.29) is 18.0 Å². The van der Waals surface area contributed by atoms with Crippen molar-refractivity contribution in [2.24, 2.45) is 5.73 Å². The molecule has 3 aromatic rings. The van der Waals surface area contributed by atoms with E-state index in [1.807, 2.05) is 38.2 Å². The molecule has 172 valence electrons. The molecule has 2 aliphatic heterocycles. The molecule has 0 saturated heterocycles. The summed E-state index contributed by atoms with van der Waals surface area (Å²) in [4.78, 5) is 27.0. The van der Waals surface area contributed by atoms with E-state index in [2.05, 4.69) is 33.5 Å². The second-order valence-corrected chi connectivity index (χ2v) is 9.08. The average Bonchev–Trinajstić information content (AvgIpc) is 3.52. The highest BCUT2D eigenvalue weighted by Crippen LogP contribution is 2.35. The Morgan fingerprint density at radius 3 is 2.79 bits per heavy atom. The summed E-state index contributed by atoms with van der Waals surface area (Å²) >= 11 is 0. The van der Waals surface area contributed by atoms with E-state index in [1.165, 1.54) is 0 Å². The quantitative estimate of drug-likeness (QED) is 0.620. The van der Waals surface area contributed by atoms with Gasteiger partial charge in [0.05, 0.1) is 17.8 Å². The minimum Gasteiger partial charge on any atom is -0.357 e. The first-order chi connectivity index (χ1) is 15.9. The van der Waals surface area contributed by atoms with Crippen LogP contribution in [-0.4, -0.2) is 43.7 Å². The number of carbonyl (C=O) groups excluding carboxylic acids is 1. The number of carbonyl (C=O) groups is 1. The van der Waals surface area contributed by atoms with Crippen LogP contribution in [0.3, 0.4) is 0 Å². The van der Waals surface area contributed by atoms with E-state index in [0.29, 0.717) is 17.9 Å². The molecule has 3 aromatic heterocycles. The third-order valence-electron chi connectivity index (χ3n) is 6.71. The largest absolute Gasteiger partial charge is 0.357 e. The van der Waals surface area contributed by atoms with Crippen molar-refractivity contribution in [3.8, 4) is 11.5 Å². The summed E-state index contributed by atoms with van der Waals surface area (Å²) in [7, 11) is 1.99. The lowest BCUT2D eigenvalue weighted by molar-refractivity contribution is 0.0996. The van der Waals surface area contributed by atoms with Gasteiger partial charge in [0.2, 0.25) is 0 Å². The van der Waals surface area contributed by atoms with Crippen LogP contribution in [0.4, 0.5) is 11.6 Å². The van der Waals surface area contributed by atoms with Crippen molar-refractivity contribution >= 4 is 17.5 Å². The average molecular weight is 447 g/mol. The Bertz CT molecular complexity index is 1220. The fraction of sp³-hybridized carbons (Fsp3) is 0.458. The first kappa shape index (κ1) is 21.5. The maximum atomic E-state index is 13.6. The number of nitrogens with two attached hydrogens (primary N) is 1. The van der Waals surface area contributed by atoms with E-state index in [4.69, 9.17) is 15.7 Å². The van der Waals surface area contributed by atoms with Crippen molar-refractivity contribution in [3.63, 3.8) is 0 Å². The normalized spacial score (nSPS) is 15.8. The zero-order valence-electron chi connectivity index (χ0n) is 19.6. The summed E-state index contributed by atoms with van der Waals surface area (Å²) in [6.07, 6.45) is 2.75. The maximum absolute atomic E-state index is 13.6. The number of anilines is 2. The first-order valence-electron chi connectivity index (χ1n) is 11.6. The number of nitrogens with zero attached hydrogens (tertiary/aromatic N) is 7. The standard InChI is InChI=1S/C24H30N8O/c1-5-17(25)22-16-13-32(24(33)15(16)12-21(27-22)30(4)14(2)3)19-9-6-8-18(26-19)23-29-28-20-10-7-11-31(20)23/h6,8-9,12,14,17H,5,7,10-11,13,25H2,1-4H3. The molecular formula is C24H30N8O. The Morgan fingerprint density at radius 2 is 2.03 bits per heavy atom. The van der Waals surface area contributed by atoms with Crippen LogP contribution in [0.25, 0.3) is 11.5 Å². The van der Waals surface area contributed by atoms with Gasteiger partial charge in [-0.05, 0) is 44.9 Å². The van der Waals surface area contributed by atoms with Gasteiger partial charge in [0.25, 0.3) is 5.91 Å². The molecule has 0 fully saturated rings. The third-order valence-corrected chi connectivity index (χ3v) is 6.71. The van der Waals surface area contributed by atoms with Gasteiger partial charge >= 0.3 is 0 Å². The number of fused-ring (bicyclic) bond motifs is 2. The van der Waals surface area contributed by atoms with Gasteiger partial charge in [-0.25, -0.2) is 9.97 Å². The molecule has 0 aliphatic carbocycles. The molecule has 5 rings (SSSR count). The lowest BCUT2D eigenvalue weighted by Gasteiger charge is -2.25. The van der Waals surface area contributed by atoms with Crippen molar-refractivity contribution in [1.29, 1.82) is 0 Å². The Morgan fingerprint density at radius 1 is 1.21 bits per heavy atom. The number of pyridine rings is 2. The minimum absolute atomic E-state index is 0.0773. The summed E-state index contributed by atoms with van der Waals surface area (Å²) in [5.74, 6) is 3.03. The fourth-order valence-electron chi connectivity index (χ4n) is 4.48. The number of rotatable bonds is 6. The van der Waals surface area contributed by atoms with Gasteiger partial charge in [-0.1, -0.05) is 13.0 Å². The Kier molecular flexibility index (Phi) is 5.36. The minimum atomic E-state index is -0.232. The zero-order valence-corrected chi connectivity index (χ0v) is 19.6. The maximum Gasteiger partial charge on any atom is 0.260 e. The van der Waals surface area contributed by atoms with Gasteiger partial charge in [0.15, 0.2) is 5.82 Å². The van der Waals surface area contributed by atoms with Crippen LogP contribution < -0.4 is 15.5 Å². The van der Waals surface area contributed by atoms with Crippen LogP contribution in [-0.2, 0) is 19.5 Å². The van der Waals surface area contributed by atoms with Gasteiger partial charge in [0.1, 0.15) is 23.2 Å². The molecule has 2 aliphatic rings. The van der Waals surface area contributed by atoms with Crippen LogP contribution in [0.5, 0.6) is 0 Å². The van der Waals surface area contributed by atoms with Gasteiger partial charge in [-0.3, -0.25) is 9.69 Å². The van der Waals surface area contributed by atoms with Gasteiger partial charge in [0, 0.05) is 37.7 Å². The predicted molar refractivity (Wildman–Crippen MR) is 127 cm³/mol. The molecule has 1 amide bonds. The SMILES string of the molecule is CCC(N)c1nc(N(C)C(C)C)cc2c1CN(c1cccc(-c3nnc4n3CCC4)n1)C2=O. The lowest BCUT2D eigenvalue weighted by atomic mass is 10.0. The summed E-state index contributed by atoms with van der Waals surface area (Å²) in [5.41, 5.74) is 9.50. The topological polar surface area (TPSA) is 106 Å². The smallest absolute Gasteiger partial charge is 0.260 e. The number of hydrogen-bond donors (Lipinski definition) is 1. The summed E-state index contributed by atoms with van der Waals surface area (Å²) in [6, 6.07) is 7.60. The van der Waals surface area contributed by atoms with Crippen LogP contribution >= 0.6 is 0 Å². The van der Waals surface area contributed by atoms with Gasteiger partial charge in [-0.15, -0.1) is 10.2 Å². The number of aryl methyl sites for hydroxylation is 1. The van der Waals surface area contributed by atoms with E-state index in [1.54, 1.807) is 4.90 Å². The third kappa shape index (κ3) is 3.56. The molecular weight excluding hydrogens is 416 g/mol. The number of amides is 1. The monoisotopic (exact) mass is 446 g/mol. The van der Waals surface area contributed by atoms with Crippen molar-refractivity contribution in [3.05, 3.63) is 46.9 Å². The summed E-state index contributed by atoms with van der Waals surface area (Å²) in [6.45, 7) is 7.53. The van der Waals surface area contributed by atoms with Crippen molar-refractivity contribution in [2.45, 2.75) is 65.2 Å². The molecule has 1 atom stereocenters. The second-order valence-electron chi connectivity index (χ2n) is 9.08. The lowest BCUT2D eigenvalue weighted by Crippen LogP contribution is -2.28. The number of hydrogen-bond acceptors (Lipinski definition) is 7. The van der Waals surface area contributed by atoms with Gasteiger partial charge in [-0.2, -0.15) is 0 Å². The first-order valence-corrected chi connectivity index (χ1v) is 11.6. The molecule has 9 nitrogen and oxygen atoms in total. The molecule has 1 unspecified atom stereocenters. The molecule has 9 heteroatoms. The van der Waals surface area contributed by atoms with Crippen LogP contribution in [0.2, 0.25) is 0 Å². The predicted octanol–water partition coefficient (Wildman–Crippen LogP) is 3.10. The molecule has 0 radical (unpaired) electrons. The van der Waals surface area contributed by atoms with Gasteiger partial charge < -0.3 is 15.2 Å². The molecule has 0 bridgehead atoms. The van der Waals surface area contributed by atoms with Crippen molar-refractivity contribution in [2.75, 3.05) is 16.8 Å². The van der Waals surface area contributed by atoms with E-state index >= 15 is 0 Å². The molecule has 0 saturated carbocycles. The highest BCUT2D eigenvalue weighted by molar-refractivity contribution is 6.10. The van der Waals surface area contributed by atoms with Crippen molar-refractivity contribution < 1.29 is 4.79 Å². The molecule has 0 aromatic carbocycles. The van der Waals surface area contributed by atoms with Crippen LogP contribution in [0.1, 0.15) is 67.1 Å². The molecule has 33 heavy (non-hydrogen) atoms. The Hall–Kier alpha value is -3.33. The number of aromatic nitrogens is 5. The highest BCUT2D eigenvalue weighted by atomic mass is 16.2. The van der Waals surface area contributed by atoms with Crippen LogP contribution in [0.15, 0.2) is 24.3 Å².